The number of benzene rings is 1. The fourth-order valence-corrected chi connectivity index (χ4v) is 3.86. The van der Waals surface area contributed by atoms with Gasteiger partial charge >= 0.3 is 0 Å². The Morgan fingerprint density at radius 3 is 2.75 bits per heavy atom. The van der Waals surface area contributed by atoms with E-state index in [1.165, 1.54) is 0 Å². The first kappa shape index (κ1) is 18.7. The summed E-state index contributed by atoms with van der Waals surface area (Å²) in [7, 11) is 0. The molecule has 5 aromatic rings. The van der Waals surface area contributed by atoms with Crippen LogP contribution in [0.25, 0.3) is 27.8 Å². The minimum absolute atomic E-state index is 0.478. The molecule has 0 amide bonds. The SMILES string of the molecule is c1cncc(-c2cnn3c(NCc4nc5ccccc5[nH]4)nc(N4CCOCC4)nc23)c1. The van der Waals surface area contributed by atoms with Crippen LogP contribution in [-0.4, -0.2) is 60.8 Å². The van der Waals surface area contributed by atoms with Crippen LogP contribution in [0, 0.1) is 0 Å². The predicted octanol–water partition coefficient (Wildman–Crippen LogP) is 2.51. The molecule has 0 unspecified atom stereocenters. The molecule has 6 rings (SSSR count). The number of hydrogen-bond donors (Lipinski definition) is 2. The molecule has 32 heavy (non-hydrogen) atoms. The van der Waals surface area contributed by atoms with E-state index in [9.17, 15) is 0 Å². The van der Waals surface area contributed by atoms with Crippen molar-refractivity contribution in [2.75, 3.05) is 36.5 Å². The summed E-state index contributed by atoms with van der Waals surface area (Å²) in [5, 5.41) is 7.96. The van der Waals surface area contributed by atoms with Crippen molar-refractivity contribution in [1.82, 2.24) is 34.5 Å². The van der Waals surface area contributed by atoms with E-state index in [2.05, 4.69) is 30.3 Å². The molecule has 0 spiro atoms. The van der Waals surface area contributed by atoms with Gasteiger partial charge in [0.25, 0.3) is 0 Å². The molecular formula is C22H21N9O. The Bertz CT molecular complexity index is 1340. The molecule has 0 atom stereocenters. The number of hydrogen-bond acceptors (Lipinski definition) is 8. The number of nitrogens with one attached hydrogen (secondary N) is 2. The van der Waals surface area contributed by atoms with Gasteiger partial charge in [0, 0.05) is 36.6 Å². The van der Waals surface area contributed by atoms with Crippen LogP contribution in [-0.2, 0) is 11.3 Å². The van der Waals surface area contributed by atoms with E-state index < -0.39 is 0 Å². The van der Waals surface area contributed by atoms with Crippen LogP contribution in [0.5, 0.6) is 0 Å². The Kier molecular flexibility index (Phi) is 4.61. The number of aromatic nitrogens is 7. The number of morpholine rings is 1. The molecule has 1 saturated heterocycles. The lowest BCUT2D eigenvalue weighted by atomic mass is 10.1. The fourth-order valence-electron chi connectivity index (χ4n) is 3.86. The van der Waals surface area contributed by atoms with Gasteiger partial charge in [0.15, 0.2) is 5.65 Å². The van der Waals surface area contributed by atoms with Crippen molar-refractivity contribution in [3.63, 3.8) is 0 Å². The van der Waals surface area contributed by atoms with Crippen molar-refractivity contribution in [3.05, 3.63) is 60.8 Å². The number of anilines is 2. The number of imidazole rings is 1. The van der Waals surface area contributed by atoms with Crippen molar-refractivity contribution in [3.8, 4) is 11.1 Å². The third-order valence-electron chi connectivity index (χ3n) is 5.48. The van der Waals surface area contributed by atoms with Crippen LogP contribution in [0.15, 0.2) is 55.0 Å². The summed E-state index contributed by atoms with van der Waals surface area (Å²) in [6.45, 7) is 3.28. The molecule has 160 valence electrons. The second-order valence-corrected chi connectivity index (χ2v) is 7.54. The number of aromatic amines is 1. The van der Waals surface area contributed by atoms with E-state index >= 15 is 0 Å². The van der Waals surface area contributed by atoms with Gasteiger partial charge in [0.1, 0.15) is 5.82 Å². The second-order valence-electron chi connectivity index (χ2n) is 7.54. The quantitative estimate of drug-likeness (QED) is 0.440. The number of rotatable bonds is 5. The molecule has 1 aliphatic rings. The van der Waals surface area contributed by atoms with Crippen LogP contribution in [0.2, 0.25) is 0 Å². The van der Waals surface area contributed by atoms with Gasteiger partial charge in [-0.1, -0.05) is 18.2 Å². The predicted molar refractivity (Wildman–Crippen MR) is 120 cm³/mol. The second kappa shape index (κ2) is 7.89. The molecule has 5 heterocycles. The molecule has 0 aliphatic carbocycles. The summed E-state index contributed by atoms with van der Waals surface area (Å²) in [4.78, 5) is 24.0. The number of pyridine rings is 1. The first-order chi connectivity index (χ1) is 15.8. The van der Waals surface area contributed by atoms with Crippen molar-refractivity contribution >= 4 is 28.6 Å². The molecule has 10 nitrogen and oxygen atoms in total. The van der Waals surface area contributed by atoms with Gasteiger partial charge in [0.2, 0.25) is 11.9 Å². The lowest BCUT2D eigenvalue weighted by molar-refractivity contribution is 0.122. The maximum absolute atomic E-state index is 5.50. The van der Waals surface area contributed by atoms with Crippen molar-refractivity contribution in [2.24, 2.45) is 0 Å². The first-order valence-corrected chi connectivity index (χ1v) is 10.5. The highest BCUT2D eigenvalue weighted by molar-refractivity contribution is 5.78. The lowest BCUT2D eigenvalue weighted by Crippen LogP contribution is -2.37. The largest absolute Gasteiger partial charge is 0.378 e. The average molecular weight is 427 g/mol. The molecule has 2 N–H and O–H groups in total. The summed E-state index contributed by atoms with van der Waals surface area (Å²) in [6, 6.07) is 11.9. The van der Waals surface area contributed by atoms with Gasteiger partial charge in [-0.25, -0.2) is 4.98 Å². The number of nitrogens with zero attached hydrogens (tertiary/aromatic N) is 7. The Morgan fingerprint density at radius 2 is 1.91 bits per heavy atom. The Labute approximate surface area is 183 Å². The molecule has 1 fully saturated rings. The standard InChI is InChI=1S/C22H21N9O/c1-2-6-18-17(5-1)26-19(27-18)14-24-21-29-22(30-8-10-32-11-9-30)28-20-16(13-25-31(20)21)15-4-3-7-23-12-15/h1-7,12-13H,8-11,14H2,(H,26,27)(H,24,28,29). The normalized spacial score (nSPS) is 14.3. The van der Waals surface area contributed by atoms with E-state index in [4.69, 9.17) is 14.7 Å². The van der Waals surface area contributed by atoms with Gasteiger partial charge < -0.3 is 19.9 Å². The maximum atomic E-state index is 5.50. The molecule has 1 aromatic carbocycles. The third-order valence-corrected chi connectivity index (χ3v) is 5.48. The summed E-state index contributed by atoms with van der Waals surface area (Å²) in [5.74, 6) is 2.08. The van der Waals surface area contributed by atoms with Gasteiger partial charge in [-0.15, -0.1) is 0 Å². The van der Waals surface area contributed by atoms with Crippen molar-refractivity contribution in [1.29, 1.82) is 0 Å². The van der Waals surface area contributed by atoms with Gasteiger partial charge in [-0.05, 0) is 18.2 Å². The average Bonchev–Trinajstić information content (AvgIpc) is 3.47. The van der Waals surface area contributed by atoms with E-state index in [0.29, 0.717) is 31.7 Å². The zero-order valence-corrected chi connectivity index (χ0v) is 17.3. The number of ether oxygens (including phenoxy) is 1. The summed E-state index contributed by atoms with van der Waals surface area (Å²) in [5.41, 5.74) is 4.52. The minimum Gasteiger partial charge on any atom is -0.378 e. The van der Waals surface area contributed by atoms with Gasteiger partial charge in [0.05, 0.1) is 37.0 Å². The molecule has 4 aromatic heterocycles. The van der Waals surface area contributed by atoms with Crippen LogP contribution >= 0.6 is 0 Å². The summed E-state index contributed by atoms with van der Waals surface area (Å²) >= 11 is 0. The highest BCUT2D eigenvalue weighted by Gasteiger charge is 2.20. The zero-order valence-electron chi connectivity index (χ0n) is 17.3. The zero-order chi connectivity index (χ0) is 21.3. The number of H-pyrrole nitrogens is 1. The number of para-hydroxylation sites is 2. The van der Waals surface area contributed by atoms with Crippen molar-refractivity contribution in [2.45, 2.75) is 6.54 Å². The molecule has 0 saturated carbocycles. The Balaban J connectivity index is 1.40. The van der Waals surface area contributed by atoms with E-state index in [-0.39, 0.29) is 0 Å². The monoisotopic (exact) mass is 427 g/mol. The first-order valence-electron chi connectivity index (χ1n) is 10.5. The Morgan fingerprint density at radius 1 is 1.00 bits per heavy atom. The maximum Gasteiger partial charge on any atom is 0.230 e. The third kappa shape index (κ3) is 3.40. The van der Waals surface area contributed by atoms with Gasteiger partial charge in [-0.3, -0.25) is 4.98 Å². The highest BCUT2D eigenvalue weighted by Crippen LogP contribution is 2.26. The Hall–Kier alpha value is -4.05. The summed E-state index contributed by atoms with van der Waals surface area (Å²) < 4.78 is 7.23. The topological polar surface area (TPSA) is 109 Å². The molecule has 0 bridgehead atoms. The lowest BCUT2D eigenvalue weighted by Gasteiger charge is -2.27. The van der Waals surface area contributed by atoms with Crippen LogP contribution in [0.3, 0.4) is 0 Å². The minimum atomic E-state index is 0.478. The van der Waals surface area contributed by atoms with Gasteiger partial charge in [-0.2, -0.15) is 19.6 Å². The summed E-state index contributed by atoms with van der Waals surface area (Å²) in [6.07, 6.45) is 5.37. The molecular weight excluding hydrogens is 406 g/mol. The highest BCUT2D eigenvalue weighted by atomic mass is 16.5. The molecule has 0 radical (unpaired) electrons. The molecule has 1 aliphatic heterocycles. The van der Waals surface area contributed by atoms with E-state index in [1.807, 2.05) is 42.6 Å². The number of fused-ring (bicyclic) bond motifs is 2. The smallest absolute Gasteiger partial charge is 0.230 e. The fraction of sp³-hybridized carbons (Fsp3) is 0.227. The molecule has 10 heteroatoms. The van der Waals surface area contributed by atoms with E-state index in [0.717, 1.165) is 46.7 Å². The van der Waals surface area contributed by atoms with Crippen LogP contribution < -0.4 is 10.2 Å². The van der Waals surface area contributed by atoms with Crippen LogP contribution in [0.1, 0.15) is 5.82 Å². The van der Waals surface area contributed by atoms with Crippen LogP contribution in [0.4, 0.5) is 11.9 Å². The van der Waals surface area contributed by atoms with E-state index in [1.54, 1.807) is 16.9 Å². The van der Waals surface area contributed by atoms with Crippen molar-refractivity contribution < 1.29 is 4.74 Å².